The standard InChI is InChI=1S/C24H26N6O2S/c1-14-12-15(2)30-22(26-14)21(16(3)29-30)23(32)28-24-27-20(13-33-24)19-9-7-18(8-10-19)6-5-11-25-17(4)31/h7-10,12-13H,5-6,11H2,1-4H3,(H,25,31)(H,27,28,32). The lowest BCUT2D eigenvalue weighted by Gasteiger charge is -2.04. The first-order chi connectivity index (χ1) is 15.8. The second kappa shape index (κ2) is 9.50. The highest BCUT2D eigenvalue weighted by molar-refractivity contribution is 7.14. The quantitative estimate of drug-likeness (QED) is 0.403. The molecule has 3 heterocycles. The third-order valence-electron chi connectivity index (χ3n) is 5.29. The first kappa shape index (κ1) is 22.6. The zero-order chi connectivity index (χ0) is 23.5. The van der Waals surface area contributed by atoms with Gasteiger partial charge in [0.2, 0.25) is 5.91 Å². The van der Waals surface area contributed by atoms with Crippen molar-refractivity contribution in [1.29, 1.82) is 0 Å². The molecule has 0 atom stereocenters. The Morgan fingerprint density at radius 3 is 2.58 bits per heavy atom. The number of anilines is 1. The number of carbonyl (C=O) groups is 2. The van der Waals surface area contributed by atoms with Gasteiger partial charge in [0, 0.05) is 35.8 Å². The minimum atomic E-state index is -0.268. The number of amides is 2. The minimum absolute atomic E-state index is 0.00462. The Hall–Kier alpha value is -3.59. The molecule has 9 heteroatoms. The molecule has 8 nitrogen and oxygen atoms in total. The molecule has 3 aromatic heterocycles. The van der Waals surface area contributed by atoms with Crippen LogP contribution in [0, 0.1) is 20.8 Å². The molecule has 2 N–H and O–H groups in total. The van der Waals surface area contributed by atoms with Crippen LogP contribution in [-0.2, 0) is 11.2 Å². The molecule has 0 saturated carbocycles. The van der Waals surface area contributed by atoms with Crippen molar-refractivity contribution in [3.63, 3.8) is 0 Å². The fourth-order valence-electron chi connectivity index (χ4n) is 3.72. The molecule has 0 saturated heterocycles. The van der Waals surface area contributed by atoms with E-state index >= 15 is 0 Å². The van der Waals surface area contributed by atoms with Crippen LogP contribution >= 0.6 is 11.3 Å². The van der Waals surface area contributed by atoms with Gasteiger partial charge < -0.3 is 5.32 Å². The van der Waals surface area contributed by atoms with Crippen LogP contribution in [0.2, 0.25) is 0 Å². The van der Waals surface area contributed by atoms with E-state index in [0.717, 1.165) is 35.5 Å². The van der Waals surface area contributed by atoms with Crippen molar-refractivity contribution in [1.82, 2.24) is 24.9 Å². The van der Waals surface area contributed by atoms with E-state index in [2.05, 4.69) is 37.8 Å². The van der Waals surface area contributed by atoms with Gasteiger partial charge >= 0.3 is 0 Å². The van der Waals surface area contributed by atoms with Crippen molar-refractivity contribution in [3.8, 4) is 11.3 Å². The maximum absolute atomic E-state index is 13.0. The van der Waals surface area contributed by atoms with Gasteiger partial charge in [0.25, 0.3) is 5.91 Å². The van der Waals surface area contributed by atoms with Crippen molar-refractivity contribution >= 4 is 33.9 Å². The third kappa shape index (κ3) is 5.09. The molecule has 4 aromatic rings. The van der Waals surface area contributed by atoms with Crippen LogP contribution in [0.25, 0.3) is 16.9 Å². The van der Waals surface area contributed by atoms with E-state index in [1.165, 1.54) is 23.8 Å². The van der Waals surface area contributed by atoms with Crippen LogP contribution in [0.15, 0.2) is 35.7 Å². The number of aryl methyl sites for hydroxylation is 4. The van der Waals surface area contributed by atoms with Gasteiger partial charge in [-0.05, 0) is 45.2 Å². The molecule has 170 valence electrons. The molecule has 0 radical (unpaired) electrons. The van der Waals surface area contributed by atoms with E-state index in [1.807, 2.05) is 44.4 Å². The zero-order valence-corrected chi connectivity index (χ0v) is 19.9. The van der Waals surface area contributed by atoms with E-state index in [4.69, 9.17) is 0 Å². The Morgan fingerprint density at radius 1 is 1.09 bits per heavy atom. The Kier molecular flexibility index (Phi) is 6.50. The van der Waals surface area contributed by atoms with Crippen molar-refractivity contribution in [2.24, 2.45) is 0 Å². The van der Waals surface area contributed by atoms with Crippen molar-refractivity contribution < 1.29 is 9.59 Å². The van der Waals surface area contributed by atoms with Gasteiger partial charge in [0.05, 0.1) is 11.4 Å². The lowest BCUT2D eigenvalue weighted by molar-refractivity contribution is -0.118. The number of rotatable bonds is 7. The fraction of sp³-hybridized carbons (Fsp3) is 0.292. The summed E-state index contributed by atoms with van der Waals surface area (Å²) >= 11 is 1.38. The predicted octanol–water partition coefficient (Wildman–Crippen LogP) is 4.10. The molecule has 0 unspecified atom stereocenters. The maximum Gasteiger partial charge on any atom is 0.263 e. The topological polar surface area (TPSA) is 101 Å². The summed E-state index contributed by atoms with van der Waals surface area (Å²) in [5.74, 6) is -0.273. The summed E-state index contributed by atoms with van der Waals surface area (Å²) in [6.07, 6.45) is 1.79. The van der Waals surface area contributed by atoms with Gasteiger partial charge in [-0.15, -0.1) is 11.3 Å². The molecule has 0 fully saturated rings. The summed E-state index contributed by atoms with van der Waals surface area (Å²) < 4.78 is 1.70. The second-order valence-electron chi connectivity index (χ2n) is 8.01. The predicted molar refractivity (Wildman–Crippen MR) is 130 cm³/mol. The number of fused-ring (bicyclic) bond motifs is 1. The number of nitrogens with zero attached hydrogens (tertiary/aromatic N) is 4. The van der Waals surface area contributed by atoms with E-state index in [1.54, 1.807) is 4.52 Å². The summed E-state index contributed by atoms with van der Waals surface area (Å²) in [6.45, 7) is 7.85. The van der Waals surface area contributed by atoms with E-state index in [0.29, 0.717) is 28.6 Å². The summed E-state index contributed by atoms with van der Waals surface area (Å²) in [4.78, 5) is 33.1. The average Bonchev–Trinajstić information content (AvgIpc) is 3.35. The number of benzene rings is 1. The van der Waals surface area contributed by atoms with Gasteiger partial charge in [-0.2, -0.15) is 5.10 Å². The summed E-state index contributed by atoms with van der Waals surface area (Å²) in [5, 5.41) is 12.6. The molecule has 4 rings (SSSR count). The largest absolute Gasteiger partial charge is 0.356 e. The van der Waals surface area contributed by atoms with Gasteiger partial charge in [-0.25, -0.2) is 14.5 Å². The minimum Gasteiger partial charge on any atom is -0.356 e. The number of aromatic nitrogens is 4. The Labute approximate surface area is 196 Å². The summed E-state index contributed by atoms with van der Waals surface area (Å²) in [6, 6.07) is 10.1. The third-order valence-corrected chi connectivity index (χ3v) is 6.05. The first-order valence-electron chi connectivity index (χ1n) is 10.8. The van der Waals surface area contributed by atoms with Gasteiger partial charge in [0.1, 0.15) is 5.56 Å². The number of hydrogen-bond acceptors (Lipinski definition) is 6. The SMILES string of the molecule is CC(=O)NCCCc1ccc(-c2csc(NC(=O)c3c(C)nn4c(C)cc(C)nc34)n2)cc1. The number of carbonyl (C=O) groups excluding carboxylic acids is 2. The van der Waals surface area contributed by atoms with Crippen LogP contribution in [0.1, 0.15) is 46.3 Å². The maximum atomic E-state index is 13.0. The summed E-state index contributed by atoms with van der Waals surface area (Å²) in [5.41, 5.74) is 6.39. The first-order valence-corrected chi connectivity index (χ1v) is 11.6. The van der Waals surface area contributed by atoms with Crippen LogP contribution in [-0.4, -0.2) is 37.9 Å². The molecule has 0 aliphatic heterocycles. The molecule has 1 aromatic carbocycles. The Balaban J connectivity index is 1.45. The normalized spacial score (nSPS) is 11.0. The molecule has 2 amide bonds. The molecule has 0 aliphatic rings. The molecular weight excluding hydrogens is 436 g/mol. The van der Waals surface area contributed by atoms with E-state index < -0.39 is 0 Å². The number of nitrogens with one attached hydrogen (secondary N) is 2. The lowest BCUT2D eigenvalue weighted by atomic mass is 10.1. The van der Waals surface area contributed by atoms with Crippen LogP contribution < -0.4 is 10.6 Å². The van der Waals surface area contributed by atoms with Gasteiger partial charge in [-0.3, -0.25) is 14.9 Å². The van der Waals surface area contributed by atoms with E-state index in [9.17, 15) is 9.59 Å². The fourth-order valence-corrected chi connectivity index (χ4v) is 4.43. The highest BCUT2D eigenvalue weighted by Crippen LogP contribution is 2.26. The van der Waals surface area contributed by atoms with E-state index in [-0.39, 0.29) is 11.8 Å². The van der Waals surface area contributed by atoms with Crippen molar-refractivity contribution in [2.75, 3.05) is 11.9 Å². The smallest absolute Gasteiger partial charge is 0.263 e. The molecular formula is C24H26N6O2S. The molecule has 0 aliphatic carbocycles. The van der Waals surface area contributed by atoms with Crippen molar-refractivity contribution in [2.45, 2.75) is 40.5 Å². The van der Waals surface area contributed by atoms with Gasteiger partial charge in [-0.1, -0.05) is 24.3 Å². The lowest BCUT2D eigenvalue weighted by Crippen LogP contribution is -2.21. The van der Waals surface area contributed by atoms with Crippen molar-refractivity contribution in [3.05, 3.63) is 63.9 Å². The molecule has 0 bridgehead atoms. The van der Waals surface area contributed by atoms with Crippen LogP contribution in [0.4, 0.5) is 5.13 Å². The molecule has 0 spiro atoms. The van der Waals surface area contributed by atoms with Gasteiger partial charge in [0.15, 0.2) is 10.8 Å². The van der Waals surface area contributed by atoms with Crippen LogP contribution in [0.5, 0.6) is 0 Å². The Bertz CT molecular complexity index is 1320. The zero-order valence-electron chi connectivity index (χ0n) is 19.1. The number of hydrogen-bond donors (Lipinski definition) is 2. The second-order valence-corrected chi connectivity index (χ2v) is 8.87. The summed E-state index contributed by atoms with van der Waals surface area (Å²) in [7, 11) is 0. The molecule has 33 heavy (non-hydrogen) atoms. The number of thiazole rings is 1. The highest BCUT2D eigenvalue weighted by Gasteiger charge is 2.21. The Morgan fingerprint density at radius 2 is 1.85 bits per heavy atom. The highest BCUT2D eigenvalue weighted by atomic mass is 32.1. The monoisotopic (exact) mass is 462 g/mol. The van der Waals surface area contributed by atoms with Crippen LogP contribution in [0.3, 0.4) is 0 Å². The average molecular weight is 463 g/mol.